The van der Waals surface area contributed by atoms with Crippen LogP contribution in [0.15, 0.2) is 0 Å². The Bertz CT molecular complexity index is 196. The molecule has 0 spiro atoms. The molecule has 0 aromatic rings. The highest BCUT2D eigenvalue weighted by Gasteiger charge is 2.35. The third-order valence-electron chi connectivity index (χ3n) is 3.75. The quantitative estimate of drug-likeness (QED) is 0.523. The Morgan fingerprint density at radius 2 is 2.07 bits per heavy atom. The molecule has 1 fully saturated rings. The molecule has 1 N–H and O–H groups in total. The van der Waals surface area contributed by atoms with E-state index >= 15 is 0 Å². The summed E-state index contributed by atoms with van der Waals surface area (Å²) < 4.78 is 0. The molecular formula is C13H23N. The van der Waals surface area contributed by atoms with Gasteiger partial charge in [-0.15, -0.1) is 12.3 Å². The molecule has 1 atom stereocenters. The van der Waals surface area contributed by atoms with E-state index in [2.05, 4.69) is 25.2 Å². The third kappa shape index (κ3) is 2.75. The van der Waals surface area contributed by atoms with Crippen LogP contribution in [0.1, 0.15) is 51.9 Å². The van der Waals surface area contributed by atoms with Crippen molar-refractivity contribution in [1.29, 1.82) is 0 Å². The Hall–Kier alpha value is -0.480. The fourth-order valence-electron chi connectivity index (χ4n) is 2.78. The molecule has 0 radical (unpaired) electrons. The lowest BCUT2D eigenvalue weighted by Crippen LogP contribution is -2.40. The summed E-state index contributed by atoms with van der Waals surface area (Å²) in [7, 11) is 2.09. The van der Waals surface area contributed by atoms with Crippen LogP contribution in [-0.2, 0) is 0 Å². The Morgan fingerprint density at radius 3 is 2.57 bits per heavy atom. The van der Waals surface area contributed by atoms with E-state index in [-0.39, 0.29) is 0 Å². The number of rotatable bonds is 5. The average Bonchev–Trinajstić information content (AvgIpc) is 2.61. The van der Waals surface area contributed by atoms with Crippen molar-refractivity contribution in [2.45, 2.75) is 57.9 Å². The molecule has 1 rings (SSSR count). The molecule has 0 heterocycles. The maximum Gasteiger partial charge on any atom is 0.0118 e. The topological polar surface area (TPSA) is 12.0 Å². The van der Waals surface area contributed by atoms with Crippen LogP contribution < -0.4 is 5.32 Å². The van der Waals surface area contributed by atoms with Crippen LogP contribution >= 0.6 is 0 Å². The summed E-state index contributed by atoms with van der Waals surface area (Å²) in [6.45, 7) is 2.43. The Labute approximate surface area is 88.7 Å². The first kappa shape index (κ1) is 11.6. The van der Waals surface area contributed by atoms with E-state index in [0.717, 1.165) is 12.8 Å². The fraction of sp³-hybridized carbons (Fsp3) is 0.846. The molecule has 1 unspecified atom stereocenters. The summed E-state index contributed by atoms with van der Waals surface area (Å²) in [6.07, 6.45) is 14.2. The standard InChI is InChI=1S/C13H23N/c1-4-5-6-9-12(14-3)13(2)10-7-8-11-13/h1,12,14H,5-11H2,2-3H3. The number of terminal acetylenes is 1. The SMILES string of the molecule is C#CCCCC(NC)C1(C)CCCC1. The van der Waals surface area contributed by atoms with Crippen molar-refractivity contribution in [1.82, 2.24) is 5.32 Å². The maximum atomic E-state index is 5.27. The van der Waals surface area contributed by atoms with Gasteiger partial charge in [-0.2, -0.15) is 0 Å². The van der Waals surface area contributed by atoms with E-state index in [1.54, 1.807) is 0 Å². The van der Waals surface area contributed by atoms with Crippen molar-refractivity contribution >= 4 is 0 Å². The summed E-state index contributed by atoms with van der Waals surface area (Å²) in [5.74, 6) is 2.72. The van der Waals surface area contributed by atoms with Crippen LogP contribution in [0.5, 0.6) is 0 Å². The van der Waals surface area contributed by atoms with Crippen LogP contribution in [0.2, 0.25) is 0 Å². The second-order valence-electron chi connectivity index (χ2n) is 4.80. The van der Waals surface area contributed by atoms with Gasteiger partial charge in [-0.05, 0) is 38.1 Å². The minimum Gasteiger partial charge on any atom is -0.316 e. The van der Waals surface area contributed by atoms with Gasteiger partial charge >= 0.3 is 0 Å². The van der Waals surface area contributed by atoms with Crippen LogP contribution in [-0.4, -0.2) is 13.1 Å². The molecule has 1 nitrogen and oxygen atoms in total. The summed E-state index contributed by atoms with van der Waals surface area (Å²) in [5.41, 5.74) is 0.531. The molecule has 14 heavy (non-hydrogen) atoms. The first-order chi connectivity index (χ1) is 6.73. The molecule has 1 aliphatic rings. The van der Waals surface area contributed by atoms with Gasteiger partial charge in [-0.25, -0.2) is 0 Å². The van der Waals surface area contributed by atoms with Gasteiger partial charge in [0.25, 0.3) is 0 Å². The zero-order chi connectivity index (χ0) is 10.4. The molecular weight excluding hydrogens is 170 g/mol. The molecule has 0 aliphatic heterocycles. The van der Waals surface area contributed by atoms with Crippen LogP contribution in [0.3, 0.4) is 0 Å². The van der Waals surface area contributed by atoms with E-state index in [1.165, 1.54) is 32.1 Å². The summed E-state index contributed by atoms with van der Waals surface area (Å²) in [5, 5.41) is 3.47. The number of unbranched alkanes of at least 4 members (excludes halogenated alkanes) is 1. The van der Waals surface area contributed by atoms with Crippen molar-refractivity contribution in [3.63, 3.8) is 0 Å². The smallest absolute Gasteiger partial charge is 0.0118 e. The second-order valence-corrected chi connectivity index (χ2v) is 4.80. The van der Waals surface area contributed by atoms with Crippen LogP contribution in [0.25, 0.3) is 0 Å². The maximum absolute atomic E-state index is 5.27. The van der Waals surface area contributed by atoms with Gasteiger partial charge in [0, 0.05) is 12.5 Å². The van der Waals surface area contributed by atoms with Crippen molar-refractivity contribution < 1.29 is 0 Å². The normalized spacial score (nSPS) is 21.8. The minimum absolute atomic E-state index is 0.531. The van der Waals surface area contributed by atoms with Gasteiger partial charge in [0.2, 0.25) is 0 Å². The van der Waals surface area contributed by atoms with Crippen molar-refractivity contribution in [3.8, 4) is 12.3 Å². The van der Waals surface area contributed by atoms with E-state index in [1.807, 2.05) is 0 Å². The summed E-state index contributed by atoms with van der Waals surface area (Å²) in [6, 6.07) is 0.665. The van der Waals surface area contributed by atoms with Crippen molar-refractivity contribution in [2.75, 3.05) is 7.05 Å². The molecule has 1 heteroatoms. The molecule has 1 aliphatic carbocycles. The highest BCUT2D eigenvalue weighted by atomic mass is 14.9. The van der Waals surface area contributed by atoms with E-state index in [4.69, 9.17) is 6.42 Å². The Kier molecular flexibility index (Phi) is 4.48. The molecule has 0 amide bonds. The number of nitrogens with one attached hydrogen (secondary N) is 1. The van der Waals surface area contributed by atoms with Gasteiger partial charge in [0.1, 0.15) is 0 Å². The Morgan fingerprint density at radius 1 is 1.43 bits per heavy atom. The second kappa shape index (κ2) is 5.41. The van der Waals surface area contributed by atoms with Crippen LogP contribution in [0, 0.1) is 17.8 Å². The van der Waals surface area contributed by atoms with Gasteiger partial charge in [-0.1, -0.05) is 19.8 Å². The van der Waals surface area contributed by atoms with Gasteiger partial charge in [-0.3, -0.25) is 0 Å². The lowest BCUT2D eigenvalue weighted by Gasteiger charge is -2.34. The van der Waals surface area contributed by atoms with Crippen LogP contribution in [0.4, 0.5) is 0 Å². The molecule has 0 bridgehead atoms. The largest absolute Gasteiger partial charge is 0.316 e. The first-order valence-electron chi connectivity index (χ1n) is 5.83. The summed E-state index contributed by atoms with van der Waals surface area (Å²) >= 11 is 0. The van der Waals surface area contributed by atoms with E-state index in [9.17, 15) is 0 Å². The predicted molar refractivity (Wildman–Crippen MR) is 62.1 cm³/mol. The number of hydrogen-bond acceptors (Lipinski definition) is 1. The summed E-state index contributed by atoms with van der Waals surface area (Å²) in [4.78, 5) is 0. The zero-order valence-electron chi connectivity index (χ0n) is 9.60. The van der Waals surface area contributed by atoms with Gasteiger partial charge in [0.15, 0.2) is 0 Å². The molecule has 0 saturated heterocycles. The minimum atomic E-state index is 0.531. The highest BCUT2D eigenvalue weighted by Crippen LogP contribution is 2.41. The molecule has 0 aromatic heterocycles. The zero-order valence-corrected chi connectivity index (χ0v) is 9.60. The molecule has 0 aromatic carbocycles. The third-order valence-corrected chi connectivity index (χ3v) is 3.75. The predicted octanol–water partition coefficient (Wildman–Crippen LogP) is 2.96. The molecule has 1 saturated carbocycles. The lowest BCUT2D eigenvalue weighted by molar-refractivity contribution is 0.217. The van der Waals surface area contributed by atoms with Crippen molar-refractivity contribution in [3.05, 3.63) is 0 Å². The number of hydrogen-bond donors (Lipinski definition) is 1. The van der Waals surface area contributed by atoms with E-state index in [0.29, 0.717) is 11.5 Å². The lowest BCUT2D eigenvalue weighted by atomic mass is 9.78. The molecule has 80 valence electrons. The average molecular weight is 193 g/mol. The fourth-order valence-corrected chi connectivity index (χ4v) is 2.78. The van der Waals surface area contributed by atoms with Gasteiger partial charge < -0.3 is 5.32 Å². The first-order valence-corrected chi connectivity index (χ1v) is 5.83. The highest BCUT2D eigenvalue weighted by molar-refractivity contribution is 4.92. The Balaban J connectivity index is 2.40. The van der Waals surface area contributed by atoms with Crippen molar-refractivity contribution in [2.24, 2.45) is 5.41 Å². The van der Waals surface area contributed by atoms with Gasteiger partial charge in [0.05, 0.1) is 0 Å². The monoisotopic (exact) mass is 193 g/mol. The van der Waals surface area contributed by atoms with E-state index < -0.39 is 0 Å².